The standard InChI is InChI=1S/C15H18N2O2/c1-10-4-5-13-11(8-10)14(18)12(15(19)16-13)9-17-6-2-3-7-17/h4-5,8H,2-3,6-7,9H2,1H3,(H2,16,18,19). The predicted octanol–water partition coefficient (Wildman–Crippen LogP) is 2.14. The summed E-state index contributed by atoms with van der Waals surface area (Å²) in [7, 11) is 0. The van der Waals surface area contributed by atoms with Gasteiger partial charge in [-0.05, 0) is 45.0 Å². The van der Waals surface area contributed by atoms with Gasteiger partial charge in [-0.15, -0.1) is 0 Å². The number of H-pyrrole nitrogens is 1. The third kappa shape index (κ3) is 2.24. The molecule has 0 amide bonds. The molecule has 1 saturated heterocycles. The summed E-state index contributed by atoms with van der Waals surface area (Å²) in [5.41, 5.74) is 2.07. The molecule has 0 saturated carbocycles. The van der Waals surface area contributed by atoms with E-state index in [0.29, 0.717) is 17.6 Å². The summed E-state index contributed by atoms with van der Waals surface area (Å²) < 4.78 is 0. The largest absolute Gasteiger partial charge is 0.507 e. The topological polar surface area (TPSA) is 56.3 Å². The molecule has 0 unspecified atom stereocenters. The smallest absolute Gasteiger partial charge is 0.256 e. The molecular formula is C15H18N2O2. The van der Waals surface area contributed by atoms with E-state index in [1.807, 2.05) is 25.1 Å². The molecule has 19 heavy (non-hydrogen) atoms. The number of benzene rings is 1. The molecule has 2 N–H and O–H groups in total. The third-order valence-electron chi connectivity index (χ3n) is 3.82. The minimum atomic E-state index is -0.180. The van der Waals surface area contributed by atoms with Crippen molar-refractivity contribution in [2.75, 3.05) is 13.1 Å². The number of hydrogen-bond donors (Lipinski definition) is 2. The van der Waals surface area contributed by atoms with Crippen molar-refractivity contribution in [2.45, 2.75) is 26.3 Å². The van der Waals surface area contributed by atoms with E-state index in [1.165, 1.54) is 12.8 Å². The molecule has 2 heterocycles. The lowest BCUT2D eigenvalue weighted by Gasteiger charge is -2.15. The van der Waals surface area contributed by atoms with Crippen molar-refractivity contribution in [1.82, 2.24) is 9.88 Å². The first-order valence-electron chi connectivity index (χ1n) is 6.72. The number of nitrogens with one attached hydrogen (secondary N) is 1. The molecule has 1 aromatic carbocycles. The predicted molar refractivity (Wildman–Crippen MR) is 75.5 cm³/mol. The zero-order chi connectivity index (χ0) is 13.4. The number of aromatic hydroxyl groups is 1. The Morgan fingerprint density at radius 2 is 2.05 bits per heavy atom. The molecule has 0 spiro atoms. The number of fused-ring (bicyclic) bond motifs is 1. The highest BCUT2D eigenvalue weighted by Gasteiger charge is 2.18. The average Bonchev–Trinajstić information content (AvgIpc) is 2.89. The molecule has 100 valence electrons. The fourth-order valence-electron chi connectivity index (χ4n) is 2.74. The summed E-state index contributed by atoms with van der Waals surface area (Å²) in [5, 5.41) is 11.1. The number of pyridine rings is 1. The Hall–Kier alpha value is -1.81. The van der Waals surface area contributed by atoms with Crippen molar-refractivity contribution in [2.24, 2.45) is 0 Å². The van der Waals surface area contributed by atoms with Crippen molar-refractivity contribution in [3.63, 3.8) is 0 Å². The second-order valence-electron chi connectivity index (χ2n) is 5.31. The van der Waals surface area contributed by atoms with Gasteiger partial charge in [-0.25, -0.2) is 0 Å². The fraction of sp³-hybridized carbons (Fsp3) is 0.400. The maximum atomic E-state index is 12.1. The van der Waals surface area contributed by atoms with E-state index >= 15 is 0 Å². The third-order valence-corrected chi connectivity index (χ3v) is 3.82. The van der Waals surface area contributed by atoms with Crippen LogP contribution in [0, 0.1) is 6.92 Å². The number of rotatable bonds is 2. The van der Waals surface area contributed by atoms with Crippen molar-refractivity contribution >= 4 is 10.9 Å². The summed E-state index contributed by atoms with van der Waals surface area (Å²) in [4.78, 5) is 17.2. The molecule has 0 atom stereocenters. The van der Waals surface area contributed by atoms with Crippen LogP contribution in [0.15, 0.2) is 23.0 Å². The normalized spacial score (nSPS) is 16.3. The first-order chi connectivity index (χ1) is 9.15. The van der Waals surface area contributed by atoms with E-state index in [4.69, 9.17) is 0 Å². The van der Waals surface area contributed by atoms with Crippen LogP contribution in [0.5, 0.6) is 5.75 Å². The molecule has 2 aromatic rings. The van der Waals surface area contributed by atoms with Gasteiger partial charge in [0.1, 0.15) is 5.75 Å². The van der Waals surface area contributed by atoms with Gasteiger partial charge in [0.25, 0.3) is 5.56 Å². The summed E-state index contributed by atoms with van der Waals surface area (Å²) in [6.45, 7) is 4.52. The molecule has 0 bridgehead atoms. The van der Waals surface area contributed by atoms with Crippen molar-refractivity contribution in [1.29, 1.82) is 0 Å². The SMILES string of the molecule is Cc1ccc2[nH]c(=O)c(CN3CCCC3)c(O)c2c1. The summed E-state index contributed by atoms with van der Waals surface area (Å²) in [5.74, 6) is 0.134. The number of likely N-dealkylation sites (tertiary alicyclic amines) is 1. The fourth-order valence-corrected chi connectivity index (χ4v) is 2.74. The molecule has 1 fully saturated rings. The first-order valence-corrected chi connectivity index (χ1v) is 6.72. The molecule has 4 nitrogen and oxygen atoms in total. The first kappa shape index (κ1) is 12.2. The van der Waals surface area contributed by atoms with Crippen LogP contribution in [0.1, 0.15) is 24.0 Å². The van der Waals surface area contributed by atoms with Crippen LogP contribution in [0.25, 0.3) is 10.9 Å². The highest BCUT2D eigenvalue weighted by atomic mass is 16.3. The van der Waals surface area contributed by atoms with Crippen LogP contribution in [0.4, 0.5) is 0 Å². The van der Waals surface area contributed by atoms with Gasteiger partial charge in [0.15, 0.2) is 0 Å². The highest BCUT2D eigenvalue weighted by Crippen LogP contribution is 2.27. The number of aryl methyl sites for hydroxylation is 1. The van der Waals surface area contributed by atoms with Gasteiger partial charge >= 0.3 is 0 Å². The van der Waals surface area contributed by atoms with Crippen LogP contribution in [-0.2, 0) is 6.54 Å². The summed E-state index contributed by atoms with van der Waals surface area (Å²) in [6, 6.07) is 5.68. The minimum absolute atomic E-state index is 0.134. The number of aromatic amines is 1. The molecule has 0 radical (unpaired) electrons. The van der Waals surface area contributed by atoms with Gasteiger partial charge in [-0.3, -0.25) is 9.69 Å². The van der Waals surface area contributed by atoms with Crippen molar-refractivity contribution in [3.8, 4) is 5.75 Å². The highest BCUT2D eigenvalue weighted by molar-refractivity contribution is 5.86. The van der Waals surface area contributed by atoms with E-state index < -0.39 is 0 Å². The summed E-state index contributed by atoms with van der Waals surface area (Å²) in [6.07, 6.45) is 2.34. The molecular weight excluding hydrogens is 240 g/mol. The minimum Gasteiger partial charge on any atom is -0.507 e. The lowest BCUT2D eigenvalue weighted by atomic mass is 10.1. The Bertz CT molecular complexity index is 670. The van der Waals surface area contributed by atoms with Crippen LogP contribution < -0.4 is 5.56 Å². The van der Waals surface area contributed by atoms with E-state index in [1.54, 1.807) is 0 Å². The van der Waals surface area contributed by atoms with Gasteiger partial charge in [-0.1, -0.05) is 11.6 Å². The van der Waals surface area contributed by atoms with Crippen molar-refractivity contribution < 1.29 is 5.11 Å². The van der Waals surface area contributed by atoms with E-state index in [2.05, 4.69) is 9.88 Å². The van der Waals surface area contributed by atoms with Crippen LogP contribution in [0.2, 0.25) is 0 Å². The molecule has 1 aliphatic heterocycles. The van der Waals surface area contributed by atoms with E-state index in [0.717, 1.165) is 24.0 Å². The Morgan fingerprint density at radius 3 is 2.79 bits per heavy atom. The zero-order valence-corrected chi connectivity index (χ0v) is 11.1. The lowest BCUT2D eigenvalue weighted by molar-refractivity contribution is 0.323. The quantitative estimate of drug-likeness (QED) is 0.867. The number of nitrogens with zero attached hydrogens (tertiary/aromatic N) is 1. The van der Waals surface area contributed by atoms with Gasteiger partial charge in [-0.2, -0.15) is 0 Å². The lowest BCUT2D eigenvalue weighted by Crippen LogP contribution is -2.24. The van der Waals surface area contributed by atoms with Crippen LogP contribution >= 0.6 is 0 Å². The second kappa shape index (κ2) is 4.70. The molecule has 0 aliphatic carbocycles. The number of aromatic nitrogens is 1. The average molecular weight is 258 g/mol. The zero-order valence-electron chi connectivity index (χ0n) is 11.1. The van der Waals surface area contributed by atoms with Gasteiger partial charge in [0.05, 0.1) is 11.1 Å². The van der Waals surface area contributed by atoms with Crippen LogP contribution in [-0.4, -0.2) is 28.1 Å². The maximum absolute atomic E-state index is 12.1. The Labute approximate surface area is 111 Å². The maximum Gasteiger partial charge on any atom is 0.256 e. The molecule has 4 heteroatoms. The van der Waals surface area contributed by atoms with Crippen molar-refractivity contribution in [3.05, 3.63) is 39.7 Å². The molecule has 1 aliphatic rings. The van der Waals surface area contributed by atoms with Crippen LogP contribution in [0.3, 0.4) is 0 Å². The number of hydrogen-bond acceptors (Lipinski definition) is 3. The van der Waals surface area contributed by atoms with Gasteiger partial charge in [0, 0.05) is 11.9 Å². The van der Waals surface area contributed by atoms with Gasteiger partial charge < -0.3 is 10.1 Å². The monoisotopic (exact) mass is 258 g/mol. The van der Waals surface area contributed by atoms with Gasteiger partial charge in [0.2, 0.25) is 0 Å². The Kier molecular flexibility index (Phi) is 3.03. The molecule has 3 rings (SSSR count). The van der Waals surface area contributed by atoms with E-state index in [-0.39, 0.29) is 11.3 Å². The second-order valence-corrected chi connectivity index (χ2v) is 5.31. The molecule has 1 aromatic heterocycles. The van der Waals surface area contributed by atoms with E-state index in [9.17, 15) is 9.90 Å². The Morgan fingerprint density at radius 1 is 1.32 bits per heavy atom. The summed E-state index contributed by atoms with van der Waals surface area (Å²) >= 11 is 0. The Balaban J connectivity index is 2.10.